The Labute approximate surface area is 89.7 Å². The van der Waals surface area contributed by atoms with Crippen LogP contribution in [-0.2, 0) is 4.79 Å². The van der Waals surface area contributed by atoms with Crippen LogP contribution >= 0.6 is 0 Å². The molecule has 1 rings (SSSR count). The molecule has 1 heterocycles. The number of carbonyl (C=O) groups excluding carboxylic acids is 1. The Kier molecular flexibility index (Phi) is 3.39. The minimum Gasteiger partial charge on any atom is -0.405 e. The first kappa shape index (κ1) is 11.6. The zero-order chi connectivity index (χ0) is 11.5. The van der Waals surface area contributed by atoms with Crippen LogP contribution in [-0.4, -0.2) is 16.2 Å². The molecule has 0 bridgehead atoms. The van der Waals surface area contributed by atoms with Crippen LogP contribution in [0.3, 0.4) is 0 Å². The Morgan fingerprint density at radius 3 is 2.40 bits per heavy atom. The number of carbonyl (C=O) groups is 1. The maximum Gasteiger partial charge on any atom is 0.317 e. The normalized spacial score (nSPS) is 11.2. The molecule has 0 aliphatic rings. The van der Waals surface area contributed by atoms with E-state index in [1.54, 1.807) is 32.9 Å². The van der Waals surface area contributed by atoms with Crippen LogP contribution in [0.5, 0.6) is 5.88 Å². The van der Waals surface area contributed by atoms with Crippen molar-refractivity contribution in [3.63, 3.8) is 0 Å². The molecule has 4 heteroatoms. The average Bonchev–Trinajstić information content (AvgIpc) is 2.17. The van der Waals surface area contributed by atoms with Crippen LogP contribution in [0.4, 0.5) is 0 Å². The summed E-state index contributed by atoms with van der Waals surface area (Å²) < 4.78 is 5.05. The van der Waals surface area contributed by atoms with E-state index in [1.165, 1.54) is 0 Å². The molecule has 0 fully saturated rings. The number of hydrogen-bond donors (Lipinski definition) is 0. The SMILES string of the molecule is C[CH]c1ccc(OC(=O)C(C)(C)C)nn1. The average molecular weight is 207 g/mol. The number of aromatic nitrogens is 2. The van der Waals surface area contributed by atoms with Crippen LogP contribution < -0.4 is 4.74 Å². The molecule has 1 aromatic heterocycles. The maximum atomic E-state index is 11.5. The molecular formula is C11H15N2O2. The van der Waals surface area contributed by atoms with Crippen molar-refractivity contribution in [3.8, 4) is 5.88 Å². The second kappa shape index (κ2) is 4.38. The van der Waals surface area contributed by atoms with Crippen LogP contribution in [0.25, 0.3) is 0 Å². The lowest BCUT2D eigenvalue weighted by atomic mass is 9.97. The van der Waals surface area contributed by atoms with Gasteiger partial charge in [-0.1, -0.05) is 6.92 Å². The third-order valence-corrected chi connectivity index (χ3v) is 1.77. The van der Waals surface area contributed by atoms with Gasteiger partial charge in [0.1, 0.15) is 0 Å². The summed E-state index contributed by atoms with van der Waals surface area (Å²) in [5.74, 6) is -0.0782. The van der Waals surface area contributed by atoms with Crippen molar-refractivity contribution in [2.24, 2.45) is 5.41 Å². The minimum atomic E-state index is -0.531. The van der Waals surface area contributed by atoms with E-state index >= 15 is 0 Å². The van der Waals surface area contributed by atoms with Gasteiger partial charge < -0.3 is 4.74 Å². The topological polar surface area (TPSA) is 52.1 Å². The second-order valence-corrected chi connectivity index (χ2v) is 4.22. The lowest BCUT2D eigenvalue weighted by Gasteiger charge is -2.15. The molecular weight excluding hydrogens is 192 g/mol. The summed E-state index contributed by atoms with van der Waals surface area (Å²) >= 11 is 0. The number of nitrogens with zero attached hydrogens (tertiary/aromatic N) is 2. The first-order chi connectivity index (χ1) is 6.93. The van der Waals surface area contributed by atoms with Gasteiger partial charge in [-0.15, -0.1) is 5.10 Å². The third-order valence-electron chi connectivity index (χ3n) is 1.77. The monoisotopic (exact) mass is 207 g/mol. The smallest absolute Gasteiger partial charge is 0.317 e. The number of hydrogen-bond acceptors (Lipinski definition) is 4. The van der Waals surface area contributed by atoms with Crippen molar-refractivity contribution in [1.82, 2.24) is 10.2 Å². The molecule has 1 aromatic rings. The van der Waals surface area contributed by atoms with Crippen molar-refractivity contribution in [1.29, 1.82) is 0 Å². The number of esters is 1. The van der Waals surface area contributed by atoms with E-state index < -0.39 is 5.41 Å². The van der Waals surface area contributed by atoms with E-state index in [0.717, 1.165) is 5.69 Å². The fourth-order valence-corrected chi connectivity index (χ4v) is 0.787. The number of rotatable bonds is 2. The fraction of sp³-hybridized carbons (Fsp3) is 0.455. The Morgan fingerprint density at radius 1 is 1.33 bits per heavy atom. The highest BCUT2D eigenvalue weighted by Crippen LogP contribution is 2.17. The zero-order valence-electron chi connectivity index (χ0n) is 9.44. The molecule has 0 atom stereocenters. The van der Waals surface area contributed by atoms with Crippen molar-refractivity contribution >= 4 is 5.97 Å². The van der Waals surface area contributed by atoms with Crippen LogP contribution in [0.15, 0.2) is 12.1 Å². The molecule has 4 nitrogen and oxygen atoms in total. The summed E-state index contributed by atoms with van der Waals surface area (Å²) in [6, 6.07) is 3.38. The summed E-state index contributed by atoms with van der Waals surface area (Å²) in [4.78, 5) is 11.5. The second-order valence-electron chi connectivity index (χ2n) is 4.22. The number of ether oxygens (including phenoxy) is 1. The Morgan fingerprint density at radius 2 is 2.00 bits per heavy atom. The van der Waals surface area contributed by atoms with E-state index in [1.807, 2.05) is 13.3 Å². The van der Waals surface area contributed by atoms with Gasteiger partial charge in [0, 0.05) is 12.5 Å². The summed E-state index contributed by atoms with van der Waals surface area (Å²) in [5.41, 5.74) is 0.225. The maximum absolute atomic E-state index is 11.5. The molecule has 0 N–H and O–H groups in total. The summed E-state index contributed by atoms with van der Waals surface area (Å²) in [7, 11) is 0. The van der Waals surface area contributed by atoms with Crippen LogP contribution in [0.1, 0.15) is 33.4 Å². The van der Waals surface area contributed by atoms with Gasteiger partial charge >= 0.3 is 5.97 Å². The van der Waals surface area contributed by atoms with Gasteiger partial charge in [0.25, 0.3) is 0 Å². The molecule has 0 aromatic carbocycles. The minimum absolute atomic E-state index is 0.237. The molecule has 0 unspecified atom stereocenters. The van der Waals surface area contributed by atoms with Crippen LogP contribution in [0, 0.1) is 11.8 Å². The van der Waals surface area contributed by atoms with Gasteiger partial charge in [0.05, 0.1) is 11.1 Å². The quantitative estimate of drug-likeness (QED) is 0.696. The highest BCUT2D eigenvalue weighted by molar-refractivity contribution is 5.77. The van der Waals surface area contributed by atoms with Crippen molar-refractivity contribution < 1.29 is 9.53 Å². The van der Waals surface area contributed by atoms with Gasteiger partial charge in [-0.2, -0.15) is 5.10 Å². The third kappa shape index (κ3) is 3.31. The summed E-state index contributed by atoms with van der Waals surface area (Å²) in [6.45, 7) is 7.23. The van der Waals surface area contributed by atoms with E-state index in [0.29, 0.717) is 0 Å². The highest BCUT2D eigenvalue weighted by Gasteiger charge is 2.24. The van der Waals surface area contributed by atoms with Gasteiger partial charge in [-0.25, -0.2) is 0 Å². The highest BCUT2D eigenvalue weighted by atomic mass is 16.5. The Hall–Kier alpha value is -1.45. The van der Waals surface area contributed by atoms with Crippen LogP contribution in [0.2, 0.25) is 0 Å². The Balaban J connectivity index is 2.70. The molecule has 81 valence electrons. The lowest BCUT2D eigenvalue weighted by Crippen LogP contribution is -2.26. The largest absolute Gasteiger partial charge is 0.405 e. The van der Waals surface area contributed by atoms with Gasteiger partial charge in [-0.05, 0) is 26.8 Å². The van der Waals surface area contributed by atoms with Gasteiger partial charge in [0.15, 0.2) is 0 Å². The summed E-state index contributed by atoms with van der Waals surface area (Å²) in [5, 5.41) is 7.63. The van der Waals surface area contributed by atoms with E-state index in [9.17, 15) is 4.79 Å². The van der Waals surface area contributed by atoms with E-state index in [-0.39, 0.29) is 11.8 Å². The standard InChI is InChI=1S/C11H15N2O2/c1-5-8-6-7-9(13-12-8)15-10(14)11(2,3)4/h5-7H,1-4H3. The predicted octanol–water partition coefficient (Wildman–Crippen LogP) is 2.00. The lowest BCUT2D eigenvalue weighted by molar-refractivity contribution is -0.143. The molecule has 0 saturated carbocycles. The molecule has 0 saturated heterocycles. The van der Waals surface area contributed by atoms with Gasteiger partial charge in [-0.3, -0.25) is 4.79 Å². The zero-order valence-corrected chi connectivity index (χ0v) is 9.44. The molecule has 15 heavy (non-hydrogen) atoms. The van der Waals surface area contributed by atoms with Crippen molar-refractivity contribution in [2.75, 3.05) is 0 Å². The van der Waals surface area contributed by atoms with Crippen molar-refractivity contribution in [3.05, 3.63) is 24.2 Å². The molecule has 0 aliphatic heterocycles. The Bertz CT molecular complexity index is 339. The fourth-order valence-electron chi connectivity index (χ4n) is 0.787. The molecule has 0 spiro atoms. The predicted molar refractivity (Wildman–Crippen MR) is 56.2 cm³/mol. The molecule has 0 aliphatic carbocycles. The van der Waals surface area contributed by atoms with Crippen molar-refractivity contribution in [2.45, 2.75) is 27.7 Å². The molecule has 0 amide bonds. The first-order valence-corrected chi connectivity index (χ1v) is 4.79. The van der Waals surface area contributed by atoms with E-state index in [2.05, 4.69) is 10.2 Å². The first-order valence-electron chi connectivity index (χ1n) is 4.79. The van der Waals surface area contributed by atoms with Gasteiger partial charge in [0.2, 0.25) is 5.88 Å². The molecule has 1 radical (unpaired) electrons. The summed E-state index contributed by atoms with van der Waals surface area (Å²) in [6.07, 6.45) is 1.82. The van der Waals surface area contributed by atoms with E-state index in [4.69, 9.17) is 4.74 Å².